The Hall–Kier alpha value is -1.95. The number of aryl methyl sites for hydroxylation is 3. The highest BCUT2D eigenvalue weighted by atomic mass is 35.5. The van der Waals surface area contributed by atoms with E-state index in [0.29, 0.717) is 18.5 Å². The van der Waals surface area contributed by atoms with Crippen molar-refractivity contribution in [3.63, 3.8) is 0 Å². The number of imidazole rings is 1. The second kappa shape index (κ2) is 5.44. The van der Waals surface area contributed by atoms with Gasteiger partial charge in [-0.2, -0.15) is 5.10 Å². The Morgan fingerprint density at radius 1 is 1.38 bits per heavy atom. The van der Waals surface area contributed by atoms with Crippen LogP contribution in [0.1, 0.15) is 23.9 Å². The van der Waals surface area contributed by atoms with Crippen LogP contribution in [0.4, 0.5) is 4.39 Å². The molecule has 0 aliphatic carbocycles. The van der Waals surface area contributed by atoms with Gasteiger partial charge in [-0.05, 0) is 19.1 Å². The number of nitrogens with zero attached hydrogens (tertiary/aromatic N) is 5. The zero-order chi connectivity index (χ0) is 15.0. The Bertz CT molecular complexity index is 777. The molecule has 1 atom stereocenters. The maximum absolute atomic E-state index is 13.3. The van der Waals surface area contributed by atoms with Crippen LogP contribution >= 0.6 is 11.6 Å². The molecular weight excluding hydrogens is 293 g/mol. The Labute approximate surface area is 126 Å². The molecule has 0 N–H and O–H groups in total. The van der Waals surface area contributed by atoms with Gasteiger partial charge in [0, 0.05) is 26.1 Å². The molecule has 5 nitrogen and oxygen atoms in total. The van der Waals surface area contributed by atoms with Crippen molar-refractivity contribution >= 4 is 22.6 Å². The number of hydrogen-bond acceptors (Lipinski definition) is 3. The van der Waals surface area contributed by atoms with Gasteiger partial charge in [-0.3, -0.25) is 4.68 Å². The van der Waals surface area contributed by atoms with Gasteiger partial charge in [0.15, 0.2) is 5.82 Å². The van der Waals surface area contributed by atoms with Crippen LogP contribution in [0.5, 0.6) is 0 Å². The summed E-state index contributed by atoms with van der Waals surface area (Å²) in [7, 11) is 1.83. The molecule has 2 aromatic heterocycles. The predicted octanol–water partition coefficient (Wildman–Crippen LogP) is 2.85. The minimum Gasteiger partial charge on any atom is -0.326 e. The minimum absolute atomic E-state index is 0.253. The first-order valence-corrected chi connectivity index (χ1v) is 7.12. The van der Waals surface area contributed by atoms with Crippen molar-refractivity contribution < 1.29 is 4.39 Å². The van der Waals surface area contributed by atoms with Crippen LogP contribution in [0.25, 0.3) is 11.0 Å². The first-order chi connectivity index (χ1) is 10.0. The van der Waals surface area contributed by atoms with Gasteiger partial charge < -0.3 is 4.57 Å². The fraction of sp³-hybridized carbons (Fsp3) is 0.357. The highest BCUT2D eigenvalue weighted by molar-refractivity contribution is 6.20. The van der Waals surface area contributed by atoms with E-state index in [4.69, 9.17) is 11.6 Å². The maximum atomic E-state index is 13.3. The fourth-order valence-electron chi connectivity index (χ4n) is 2.37. The van der Waals surface area contributed by atoms with Crippen LogP contribution in [0.15, 0.2) is 24.5 Å². The van der Waals surface area contributed by atoms with E-state index in [1.165, 1.54) is 12.1 Å². The zero-order valence-corrected chi connectivity index (χ0v) is 12.5. The maximum Gasteiger partial charge on any atom is 0.152 e. The topological polar surface area (TPSA) is 48.5 Å². The fourth-order valence-corrected chi connectivity index (χ4v) is 2.54. The summed E-state index contributed by atoms with van der Waals surface area (Å²) >= 11 is 6.19. The molecule has 1 unspecified atom stereocenters. The Morgan fingerprint density at radius 2 is 2.19 bits per heavy atom. The molecule has 110 valence electrons. The number of benzene rings is 1. The van der Waals surface area contributed by atoms with E-state index >= 15 is 0 Å². The van der Waals surface area contributed by atoms with E-state index in [0.717, 1.165) is 17.2 Å². The highest BCUT2D eigenvalue weighted by Crippen LogP contribution is 2.25. The normalized spacial score (nSPS) is 13.0. The summed E-state index contributed by atoms with van der Waals surface area (Å²) in [5, 5.41) is 4.01. The van der Waals surface area contributed by atoms with Gasteiger partial charge in [-0.1, -0.05) is 0 Å². The lowest BCUT2D eigenvalue weighted by Crippen LogP contribution is -2.08. The summed E-state index contributed by atoms with van der Waals surface area (Å²) in [6, 6.07) is 4.59. The van der Waals surface area contributed by atoms with Crippen LogP contribution in [0.2, 0.25) is 0 Å². The molecular formula is C14H15ClFN5. The van der Waals surface area contributed by atoms with Crippen molar-refractivity contribution in [1.29, 1.82) is 0 Å². The molecule has 2 heterocycles. The molecule has 21 heavy (non-hydrogen) atoms. The van der Waals surface area contributed by atoms with Gasteiger partial charge in [-0.15, -0.1) is 11.6 Å². The number of halogens is 2. The largest absolute Gasteiger partial charge is 0.326 e. The van der Waals surface area contributed by atoms with E-state index in [1.54, 1.807) is 17.1 Å². The zero-order valence-electron chi connectivity index (χ0n) is 11.8. The number of hydrogen-bond donors (Lipinski definition) is 0. The van der Waals surface area contributed by atoms with Crippen molar-refractivity contribution in [1.82, 2.24) is 24.3 Å². The predicted molar refractivity (Wildman–Crippen MR) is 78.7 cm³/mol. The standard InChI is InChI=1S/C14H15ClFN5/c1-9(15)14-18-11-7-10(16)3-4-12(11)21(14)6-5-13-17-8-20(2)19-13/h3-4,7-9H,5-6H2,1-2H3. The number of alkyl halides is 1. The van der Waals surface area contributed by atoms with Gasteiger partial charge in [0.2, 0.25) is 0 Å². The van der Waals surface area contributed by atoms with Crippen LogP contribution in [0.3, 0.4) is 0 Å². The smallest absolute Gasteiger partial charge is 0.152 e. The molecule has 0 spiro atoms. The third-order valence-electron chi connectivity index (χ3n) is 3.30. The molecule has 0 aliphatic rings. The molecule has 0 saturated heterocycles. The lowest BCUT2D eigenvalue weighted by atomic mass is 10.3. The molecule has 0 bridgehead atoms. The monoisotopic (exact) mass is 307 g/mol. The molecule has 3 rings (SSSR count). The van der Waals surface area contributed by atoms with Crippen LogP contribution in [-0.4, -0.2) is 24.3 Å². The molecule has 0 saturated carbocycles. The molecule has 0 radical (unpaired) electrons. The van der Waals surface area contributed by atoms with Crippen LogP contribution in [-0.2, 0) is 20.0 Å². The third-order valence-corrected chi connectivity index (χ3v) is 3.50. The average Bonchev–Trinajstić information content (AvgIpc) is 2.99. The second-order valence-electron chi connectivity index (χ2n) is 4.96. The molecule has 0 aliphatic heterocycles. The van der Waals surface area contributed by atoms with Crippen molar-refractivity contribution in [2.75, 3.05) is 0 Å². The third kappa shape index (κ3) is 2.76. The van der Waals surface area contributed by atoms with Crippen molar-refractivity contribution in [3.8, 4) is 0 Å². The van der Waals surface area contributed by atoms with Crippen molar-refractivity contribution in [2.45, 2.75) is 25.3 Å². The summed E-state index contributed by atoms with van der Waals surface area (Å²) in [5.41, 5.74) is 1.49. The quantitative estimate of drug-likeness (QED) is 0.696. The van der Waals surface area contributed by atoms with Gasteiger partial charge in [0.25, 0.3) is 0 Å². The summed E-state index contributed by atoms with van der Waals surface area (Å²) in [6.45, 7) is 2.51. The Kier molecular flexibility index (Phi) is 3.63. The van der Waals surface area contributed by atoms with Gasteiger partial charge in [0.05, 0.1) is 16.4 Å². The van der Waals surface area contributed by atoms with Gasteiger partial charge in [0.1, 0.15) is 18.0 Å². The molecule has 0 fully saturated rings. The summed E-state index contributed by atoms with van der Waals surface area (Å²) in [4.78, 5) is 8.64. The van der Waals surface area contributed by atoms with Gasteiger partial charge >= 0.3 is 0 Å². The van der Waals surface area contributed by atoms with E-state index in [2.05, 4.69) is 15.1 Å². The summed E-state index contributed by atoms with van der Waals surface area (Å²) in [6.07, 6.45) is 2.34. The van der Waals surface area contributed by atoms with E-state index in [9.17, 15) is 4.39 Å². The lowest BCUT2D eigenvalue weighted by molar-refractivity contribution is 0.628. The second-order valence-corrected chi connectivity index (χ2v) is 5.61. The first kappa shape index (κ1) is 14.0. The SMILES string of the molecule is CC(Cl)c1nc2cc(F)ccc2n1CCc1ncn(C)n1. The summed E-state index contributed by atoms with van der Waals surface area (Å²) < 4.78 is 17.0. The van der Waals surface area contributed by atoms with Crippen LogP contribution in [0, 0.1) is 5.82 Å². The lowest BCUT2D eigenvalue weighted by Gasteiger charge is -2.09. The summed E-state index contributed by atoms with van der Waals surface area (Å²) in [5.74, 6) is 1.19. The van der Waals surface area contributed by atoms with Crippen molar-refractivity contribution in [3.05, 3.63) is 42.0 Å². The molecule has 0 amide bonds. The average molecular weight is 308 g/mol. The number of rotatable bonds is 4. The number of aromatic nitrogens is 5. The Balaban J connectivity index is 1.97. The van der Waals surface area contributed by atoms with E-state index in [1.807, 2.05) is 18.5 Å². The Morgan fingerprint density at radius 3 is 2.86 bits per heavy atom. The molecule has 1 aromatic carbocycles. The van der Waals surface area contributed by atoms with Gasteiger partial charge in [-0.25, -0.2) is 14.4 Å². The minimum atomic E-state index is -0.299. The van der Waals surface area contributed by atoms with Crippen molar-refractivity contribution in [2.24, 2.45) is 7.05 Å². The molecule has 3 aromatic rings. The van der Waals surface area contributed by atoms with E-state index < -0.39 is 0 Å². The van der Waals surface area contributed by atoms with Crippen LogP contribution < -0.4 is 0 Å². The molecule has 7 heteroatoms. The highest BCUT2D eigenvalue weighted by Gasteiger charge is 2.15. The van der Waals surface area contributed by atoms with E-state index in [-0.39, 0.29) is 11.2 Å². The first-order valence-electron chi connectivity index (χ1n) is 6.69. The number of fused-ring (bicyclic) bond motifs is 1.